The number of ether oxygens (including phenoxy) is 1. The molecule has 12 heavy (non-hydrogen) atoms. The van der Waals surface area contributed by atoms with Crippen molar-refractivity contribution in [3.8, 4) is 0 Å². The maximum atomic E-state index is 11.1. The molecule has 0 aromatic rings. The lowest BCUT2D eigenvalue weighted by molar-refractivity contribution is -0.124. The van der Waals surface area contributed by atoms with Gasteiger partial charge in [0, 0.05) is 13.2 Å². The second kappa shape index (κ2) is 3.87. The van der Waals surface area contributed by atoms with E-state index in [0.29, 0.717) is 6.10 Å². The number of carbonyl (C=O) groups is 1. The van der Waals surface area contributed by atoms with Crippen molar-refractivity contribution in [2.75, 3.05) is 7.11 Å². The maximum Gasteiger partial charge on any atom is 0.236 e. The minimum atomic E-state index is -0.411. The van der Waals surface area contributed by atoms with E-state index in [1.54, 1.807) is 14.0 Å². The van der Waals surface area contributed by atoms with Gasteiger partial charge in [-0.25, -0.2) is 0 Å². The Labute approximate surface area is 72.5 Å². The molecule has 4 nitrogen and oxygen atoms in total. The quantitative estimate of drug-likeness (QED) is 0.610. The third-order valence-electron chi connectivity index (χ3n) is 2.19. The van der Waals surface area contributed by atoms with E-state index in [-0.39, 0.29) is 11.9 Å². The van der Waals surface area contributed by atoms with Crippen molar-refractivity contribution in [2.24, 2.45) is 5.73 Å². The molecule has 1 saturated carbocycles. The third kappa shape index (κ3) is 2.19. The molecule has 0 aromatic heterocycles. The molecule has 1 rings (SSSR count). The van der Waals surface area contributed by atoms with Gasteiger partial charge in [0.2, 0.25) is 5.91 Å². The monoisotopic (exact) mass is 172 g/mol. The molecule has 1 aliphatic rings. The summed E-state index contributed by atoms with van der Waals surface area (Å²) in [6.07, 6.45) is 2.15. The molecular formula is C8H16N2O2. The van der Waals surface area contributed by atoms with Crippen LogP contribution in [0.1, 0.15) is 19.8 Å². The first-order chi connectivity index (χ1) is 5.63. The lowest BCUT2D eigenvalue weighted by Gasteiger charge is -2.34. The van der Waals surface area contributed by atoms with Crippen molar-refractivity contribution in [3.63, 3.8) is 0 Å². The average Bonchev–Trinajstić information content (AvgIpc) is 1.94. The Morgan fingerprint density at radius 2 is 2.25 bits per heavy atom. The first-order valence-electron chi connectivity index (χ1n) is 4.22. The predicted molar refractivity (Wildman–Crippen MR) is 45.6 cm³/mol. The molecule has 1 fully saturated rings. The average molecular weight is 172 g/mol. The van der Waals surface area contributed by atoms with Crippen molar-refractivity contribution >= 4 is 5.91 Å². The second-order valence-corrected chi connectivity index (χ2v) is 3.32. The van der Waals surface area contributed by atoms with E-state index < -0.39 is 6.04 Å². The fraction of sp³-hybridized carbons (Fsp3) is 0.875. The normalized spacial score (nSPS) is 30.6. The van der Waals surface area contributed by atoms with Crippen LogP contribution in [0.15, 0.2) is 0 Å². The van der Waals surface area contributed by atoms with Crippen molar-refractivity contribution < 1.29 is 9.53 Å². The molecule has 0 spiro atoms. The highest BCUT2D eigenvalue weighted by molar-refractivity contribution is 5.81. The van der Waals surface area contributed by atoms with Gasteiger partial charge in [0.15, 0.2) is 0 Å². The molecule has 0 bridgehead atoms. The lowest BCUT2D eigenvalue weighted by atomic mass is 9.89. The van der Waals surface area contributed by atoms with E-state index in [9.17, 15) is 4.79 Å². The third-order valence-corrected chi connectivity index (χ3v) is 2.19. The van der Waals surface area contributed by atoms with Crippen molar-refractivity contribution in [1.82, 2.24) is 5.32 Å². The van der Waals surface area contributed by atoms with E-state index in [0.717, 1.165) is 12.8 Å². The van der Waals surface area contributed by atoms with Crippen LogP contribution in [-0.2, 0) is 9.53 Å². The van der Waals surface area contributed by atoms with Gasteiger partial charge >= 0.3 is 0 Å². The van der Waals surface area contributed by atoms with Crippen LogP contribution >= 0.6 is 0 Å². The number of hydrogen-bond donors (Lipinski definition) is 2. The molecule has 1 aliphatic carbocycles. The second-order valence-electron chi connectivity index (χ2n) is 3.32. The minimum absolute atomic E-state index is 0.0745. The molecule has 1 amide bonds. The highest BCUT2D eigenvalue weighted by Crippen LogP contribution is 2.22. The number of amides is 1. The summed E-state index contributed by atoms with van der Waals surface area (Å²) in [5, 5.41) is 2.84. The summed E-state index contributed by atoms with van der Waals surface area (Å²) in [6.45, 7) is 1.68. The molecule has 4 heteroatoms. The van der Waals surface area contributed by atoms with E-state index in [1.165, 1.54) is 0 Å². The van der Waals surface area contributed by atoms with Gasteiger partial charge < -0.3 is 15.8 Å². The summed E-state index contributed by atoms with van der Waals surface area (Å²) in [5.74, 6) is -0.0745. The summed E-state index contributed by atoms with van der Waals surface area (Å²) < 4.78 is 5.08. The standard InChI is InChI=1S/C8H16N2O2/c1-5(9)8(11)10-6-3-7(4-6)12-2/h5-7H,3-4,9H2,1-2H3,(H,10,11)/t5-,6?,7?/m0/s1. The Bertz CT molecular complexity index is 164. The Morgan fingerprint density at radius 3 is 2.67 bits per heavy atom. The van der Waals surface area contributed by atoms with Gasteiger partial charge in [-0.2, -0.15) is 0 Å². The molecular weight excluding hydrogens is 156 g/mol. The molecule has 0 aromatic carbocycles. The molecule has 70 valence electrons. The summed E-state index contributed by atoms with van der Waals surface area (Å²) in [5.41, 5.74) is 5.39. The maximum absolute atomic E-state index is 11.1. The van der Waals surface area contributed by atoms with Crippen LogP contribution in [0, 0.1) is 0 Å². The molecule has 3 N–H and O–H groups in total. The Hall–Kier alpha value is -0.610. The molecule has 0 unspecified atom stereocenters. The Kier molecular flexibility index (Phi) is 3.05. The predicted octanol–water partition coefficient (Wildman–Crippen LogP) is -0.373. The summed E-state index contributed by atoms with van der Waals surface area (Å²) in [6, 6.07) is -0.139. The summed E-state index contributed by atoms with van der Waals surface area (Å²) in [4.78, 5) is 11.1. The summed E-state index contributed by atoms with van der Waals surface area (Å²) >= 11 is 0. The van der Waals surface area contributed by atoms with Gasteiger partial charge in [-0.15, -0.1) is 0 Å². The lowest BCUT2D eigenvalue weighted by Crippen LogP contribution is -2.51. The van der Waals surface area contributed by atoms with Crippen molar-refractivity contribution in [1.29, 1.82) is 0 Å². The Balaban J connectivity index is 2.14. The van der Waals surface area contributed by atoms with Gasteiger partial charge in [0.25, 0.3) is 0 Å². The van der Waals surface area contributed by atoms with Gasteiger partial charge in [0.05, 0.1) is 12.1 Å². The van der Waals surface area contributed by atoms with Crippen LogP contribution in [-0.4, -0.2) is 31.2 Å². The smallest absolute Gasteiger partial charge is 0.236 e. The molecule has 0 aliphatic heterocycles. The fourth-order valence-corrected chi connectivity index (χ4v) is 1.21. The van der Waals surface area contributed by atoms with Crippen LogP contribution in [0.3, 0.4) is 0 Å². The number of methoxy groups -OCH3 is 1. The topological polar surface area (TPSA) is 64.3 Å². The minimum Gasteiger partial charge on any atom is -0.381 e. The molecule has 0 saturated heterocycles. The van der Waals surface area contributed by atoms with E-state index in [2.05, 4.69) is 5.32 Å². The zero-order valence-electron chi connectivity index (χ0n) is 7.54. The van der Waals surface area contributed by atoms with Crippen LogP contribution < -0.4 is 11.1 Å². The summed E-state index contributed by atoms with van der Waals surface area (Å²) in [7, 11) is 1.69. The number of nitrogens with one attached hydrogen (secondary N) is 1. The van der Waals surface area contributed by atoms with Crippen molar-refractivity contribution in [2.45, 2.75) is 38.0 Å². The Morgan fingerprint density at radius 1 is 1.67 bits per heavy atom. The molecule has 0 radical (unpaired) electrons. The number of hydrogen-bond acceptors (Lipinski definition) is 3. The van der Waals surface area contributed by atoms with Crippen LogP contribution in [0.25, 0.3) is 0 Å². The van der Waals surface area contributed by atoms with Gasteiger partial charge in [-0.05, 0) is 19.8 Å². The van der Waals surface area contributed by atoms with Crippen molar-refractivity contribution in [3.05, 3.63) is 0 Å². The first-order valence-corrected chi connectivity index (χ1v) is 4.22. The van der Waals surface area contributed by atoms with Gasteiger partial charge in [-0.1, -0.05) is 0 Å². The van der Waals surface area contributed by atoms with E-state index in [1.807, 2.05) is 0 Å². The number of carbonyl (C=O) groups excluding carboxylic acids is 1. The number of rotatable bonds is 3. The largest absolute Gasteiger partial charge is 0.381 e. The highest BCUT2D eigenvalue weighted by atomic mass is 16.5. The highest BCUT2D eigenvalue weighted by Gasteiger charge is 2.30. The zero-order valence-corrected chi connectivity index (χ0v) is 7.54. The van der Waals surface area contributed by atoms with Gasteiger partial charge in [0.1, 0.15) is 0 Å². The van der Waals surface area contributed by atoms with E-state index >= 15 is 0 Å². The van der Waals surface area contributed by atoms with E-state index in [4.69, 9.17) is 10.5 Å². The first kappa shape index (κ1) is 9.48. The SMILES string of the molecule is COC1CC(NC(=O)[C@H](C)N)C1. The van der Waals surface area contributed by atoms with Crippen LogP contribution in [0.2, 0.25) is 0 Å². The molecule has 0 heterocycles. The number of nitrogens with two attached hydrogens (primary N) is 1. The van der Waals surface area contributed by atoms with Crippen LogP contribution in [0.4, 0.5) is 0 Å². The zero-order chi connectivity index (χ0) is 9.14. The fourth-order valence-electron chi connectivity index (χ4n) is 1.21. The molecule has 1 atom stereocenters. The van der Waals surface area contributed by atoms with Crippen LogP contribution in [0.5, 0.6) is 0 Å². The van der Waals surface area contributed by atoms with Gasteiger partial charge in [-0.3, -0.25) is 4.79 Å².